The van der Waals surface area contributed by atoms with Gasteiger partial charge in [-0.25, -0.2) is 4.68 Å². The fraction of sp³-hybridized carbons (Fsp3) is 0.909. The van der Waals surface area contributed by atoms with Gasteiger partial charge < -0.3 is 5.32 Å². The summed E-state index contributed by atoms with van der Waals surface area (Å²) in [7, 11) is 0. The van der Waals surface area contributed by atoms with Crippen molar-refractivity contribution in [2.24, 2.45) is 11.8 Å². The van der Waals surface area contributed by atoms with Crippen molar-refractivity contribution in [3.63, 3.8) is 0 Å². The summed E-state index contributed by atoms with van der Waals surface area (Å²) in [6.45, 7) is 4.09. The fourth-order valence-corrected chi connectivity index (χ4v) is 2.10. The molecule has 1 atom stereocenters. The number of aromatic nitrogens is 4. The lowest BCUT2D eigenvalue weighted by atomic mass is 10.1. The van der Waals surface area contributed by atoms with Crippen molar-refractivity contribution in [2.45, 2.75) is 51.7 Å². The van der Waals surface area contributed by atoms with Crippen LogP contribution in [0.4, 0.5) is 0 Å². The van der Waals surface area contributed by atoms with Crippen molar-refractivity contribution in [3.05, 3.63) is 5.82 Å². The Morgan fingerprint density at radius 1 is 1.38 bits per heavy atom. The lowest BCUT2D eigenvalue weighted by Gasteiger charge is -2.11. The highest BCUT2D eigenvalue weighted by Gasteiger charge is 2.29. The van der Waals surface area contributed by atoms with E-state index in [9.17, 15) is 0 Å². The van der Waals surface area contributed by atoms with E-state index in [-0.39, 0.29) is 0 Å². The second-order valence-corrected chi connectivity index (χ2v) is 5.25. The molecule has 88 valence electrons. The van der Waals surface area contributed by atoms with Crippen molar-refractivity contribution < 1.29 is 0 Å². The van der Waals surface area contributed by atoms with Crippen molar-refractivity contribution >= 4 is 0 Å². The van der Waals surface area contributed by atoms with Crippen LogP contribution in [0, 0.1) is 11.8 Å². The molecule has 1 aromatic rings. The summed E-state index contributed by atoms with van der Waals surface area (Å²) in [5, 5.41) is 15.4. The van der Waals surface area contributed by atoms with Crippen LogP contribution in [0.25, 0.3) is 0 Å². The molecule has 1 aromatic heterocycles. The molecule has 1 N–H and O–H groups in total. The third kappa shape index (κ3) is 2.40. The number of hydrogen-bond acceptors (Lipinski definition) is 4. The highest BCUT2D eigenvalue weighted by Crippen LogP contribution is 2.37. The summed E-state index contributed by atoms with van der Waals surface area (Å²) in [6, 6.07) is 0.714. The monoisotopic (exact) mass is 221 g/mol. The van der Waals surface area contributed by atoms with E-state index in [4.69, 9.17) is 0 Å². The molecule has 0 bridgehead atoms. The minimum atomic E-state index is 0.711. The third-order valence-electron chi connectivity index (χ3n) is 3.62. The maximum absolute atomic E-state index is 4.09. The Balaban J connectivity index is 1.57. The van der Waals surface area contributed by atoms with Gasteiger partial charge in [0.05, 0.1) is 6.54 Å². The van der Waals surface area contributed by atoms with Crippen molar-refractivity contribution in [2.75, 3.05) is 0 Å². The summed E-state index contributed by atoms with van der Waals surface area (Å²) in [5.41, 5.74) is 0. The van der Waals surface area contributed by atoms with Gasteiger partial charge in [-0.3, -0.25) is 0 Å². The zero-order chi connectivity index (χ0) is 11.0. The number of hydrogen-bond donors (Lipinski definition) is 1. The predicted molar refractivity (Wildman–Crippen MR) is 59.6 cm³/mol. The Labute approximate surface area is 95.6 Å². The molecule has 0 aromatic carbocycles. The highest BCUT2D eigenvalue weighted by atomic mass is 15.5. The summed E-state index contributed by atoms with van der Waals surface area (Å²) in [4.78, 5) is 0. The Morgan fingerprint density at radius 2 is 2.19 bits per heavy atom. The Hall–Kier alpha value is -0.970. The first-order chi connectivity index (χ1) is 7.83. The maximum atomic E-state index is 4.09. The molecule has 5 heteroatoms. The average molecular weight is 221 g/mol. The summed E-state index contributed by atoms with van der Waals surface area (Å²) in [5.74, 6) is 2.61. The summed E-state index contributed by atoms with van der Waals surface area (Å²) >= 11 is 0. The van der Waals surface area contributed by atoms with Crippen LogP contribution in [0.5, 0.6) is 0 Å². The normalized spacial score (nSPS) is 22.3. The first-order valence-corrected chi connectivity index (χ1v) is 6.31. The van der Waals surface area contributed by atoms with Crippen molar-refractivity contribution in [1.29, 1.82) is 0 Å². The van der Waals surface area contributed by atoms with E-state index in [1.165, 1.54) is 25.7 Å². The molecule has 2 aliphatic carbocycles. The van der Waals surface area contributed by atoms with E-state index in [1.54, 1.807) is 0 Å². The van der Waals surface area contributed by atoms with Crippen LogP contribution in [-0.2, 0) is 13.1 Å². The van der Waals surface area contributed by atoms with Gasteiger partial charge in [0.2, 0.25) is 0 Å². The lowest BCUT2D eigenvalue weighted by molar-refractivity contribution is 0.388. The first-order valence-electron chi connectivity index (χ1n) is 6.31. The molecular weight excluding hydrogens is 202 g/mol. The molecule has 0 aliphatic heterocycles. The molecule has 0 amide bonds. The quantitative estimate of drug-likeness (QED) is 0.777. The smallest absolute Gasteiger partial charge is 0.165 e. The van der Waals surface area contributed by atoms with Crippen LogP contribution in [0.2, 0.25) is 0 Å². The Morgan fingerprint density at radius 3 is 2.88 bits per heavy atom. The molecule has 2 fully saturated rings. The van der Waals surface area contributed by atoms with E-state index < -0.39 is 0 Å². The summed E-state index contributed by atoms with van der Waals surface area (Å²) < 4.78 is 1.97. The van der Waals surface area contributed by atoms with Crippen LogP contribution in [0.3, 0.4) is 0 Å². The van der Waals surface area contributed by atoms with Gasteiger partial charge in [-0.1, -0.05) is 6.92 Å². The molecule has 2 aliphatic rings. The van der Waals surface area contributed by atoms with Gasteiger partial charge >= 0.3 is 0 Å². The Kier molecular flexibility index (Phi) is 2.63. The van der Waals surface area contributed by atoms with Gasteiger partial charge in [-0.05, 0) is 47.9 Å². The van der Waals surface area contributed by atoms with Gasteiger partial charge in [0.15, 0.2) is 5.82 Å². The van der Waals surface area contributed by atoms with E-state index in [1.807, 2.05) is 4.68 Å². The van der Waals surface area contributed by atoms with Gasteiger partial charge in [-0.15, -0.1) is 5.10 Å². The Bertz CT molecular complexity index is 353. The largest absolute Gasteiger partial charge is 0.307 e. The molecule has 1 heterocycles. The maximum Gasteiger partial charge on any atom is 0.165 e. The minimum absolute atomic E-state index is 0.711. The third-order valence-corrected chi connectivity index (χ3v) is 3.62. The second-order valence-electron chi connectivity index (χ2n) is 5.25. The van der Waals surface area contributed by atoms with Crippen LogP contribution in [0.15, 0.2) is 0 Å². The predicted octanol–water partition coefficient (Wildman–Crippen LogP) is 0.971. The second kappa shape index (κ2) is 4.13. The first kappa shape index (κ1) is 10.2. The SMILES string of the molecule is CC(Cn1nnnc1CNC1CC1)C1CC1. The number of rotatable bonds is 6. The zero-order valence-corrected chi connectivity index (χ0v) is 9.76. The summed E-state index contributed by atoms with van der Waals surface area (Å²) in [6.07, 6.45) is 5.39. The molecule has 0 saturated heterocycles. The topological polar surface area (TPSA) is 55.6 Å². The molecule has 0 spiro atoms. The van der Waals surface area contributed by atoms with E-state index in [2.05, 4.69) is 27.8 Å². The number of tetrazole rings is 1. The van der Waals surface area contributed by atoms with Crippen LogP contribution < -0.4 is 5.32 Å². The van der Waals surface area contributed by atoms with Crippen molar-refractivity contribution in [1.82, 2.24) is 25.5 Å². The fourth-order valence-electron chi connectivity index (χ4n) is 2.10. The lowest BCUT2D eigenvalue weighted by Crippen LogP contribution is -2.21. The van der Waals surface area contributed by atoms with Crippen LogP contribution >= 0.6 is 0 Å². The van der Waals surface area contributed by atoms with E-state index >= 15 is 0 Å². The standard InChI is InChI=1S/C11H19N5/c1-8(9-2-3-9)7-16-11(13-14-15-16)6-12-10-4-5-10/h8-10,12H,2-7H2,1H3. The van der Waals surface area contributed by atoms with Gasteiger partial charge in [0.25, 0.3) is 0 Å². The molecule has 2 saturated carbocycles. The average Bonchev–Trinajstić information content (AvgIpc) is 3.16. The van der Waals surface area contributed by atoms with Crippen molar-refractivity contribution in [3.8, 4) is 0 Å². The minimum Gasteiger partial charge on any atom is -0.307 e. The molecule has 16 heavy (non-hydrogen) atoms. The molecular formula is C11H19N5. The molecule has 1 unspecified atom stereocenters. The number of nitrogens with one attached hydrogen (secondary N) is 1. The highest BCUT2D eigenvalue weighted by molar-refractivity contribution is 4.88. The number of nitrogens with zero attached hydrogens (tertiary/aromatic N) is 4. The van der Waals surface area contributed by atoms with E-state index in [0.29, 0.717) is 12.0 Å². The van der Waals surface area contributed by atoms with Gasteiger partial charge in [-0.2, -0.15) is 0 Å². The van der Waals surface area contributed by atoms with Crippen LogP contribution in [0.1, 0.15) is 38.4 Å². The van der Waals surface area contributed by atoms with E-state index in [0.717, 1.165) is 24.8 Å². The molecule has 5 nitrogen and oxygen atoms in total. The van der Waals surface area contributed by atoms with Crippen LogP contribution in [-0.4, -0.2) is 26.2 Å². The molecule has 3 rings (SSSR count). The molecule has 0 radical (unpaired) electrons. The van der Waals surface area contributed by atoms with Gasteiger partial charge in [0.1, 0.15) is 0 Å². The van der Waals surface area contributed by atoms with Gasteiger partial charge in [0, 0.05) is 12.6 Å². The zero-order valence-electron chi connectivity index (χ0n) is 9.76.